The minimum Gasteiger partial charge on any atom is -0.342 e. The van der Waals surface area contributed by atoms with E-state index >= 15 is 0 Å². The highest BCUT2D eigenvalue weighted by Crippen LogP contribution is 2.19. The predicted molar refractivity (Wildman–Crippen MR) is 88.6 cm³/mol. The van der Waals surface area contributed by atoms with Crippen LogP contribution in [0.2, 0.25) is 5.02 Å². The Balaban J connectivity index is 2.69. The Bertz CT molecular complexity index is 451. The van der Waals surface area contributed by atoms with Crippen molar-refractivity contribution in [1.29, 1.82) is 0 Å². The van der Waals surface area contributed by atoms with Gasteiger partial charge in [-0.1, -0.05) is 25.4 Å². The number of hydrogen-bond acceptors (Lipinski definition) is 2. The van der Waals surface area contributed by atoms with E-state index in [1.54, 1.807) is 24.1 Å². The average Bonchev–Trinajstić information content (AvgIpc) is 2.37. The second-order valence-corrected chi connectivity index (χ2v) is 6.65. The smallest absolute Gasteiger partial charge is 0.254 e. The Morgan fingerprint density at radius 1 is 1.47 bits per heavy atom. The van der Waals surface area contributed by atoms with Crippen LogP contribution in [0, 0.1) is 9.49 Å². The van der Waals surface area contributed by atoms with Crippen molar-refractivity contribution < 1.29 is 4.79 Å². The monoisotopic (exact) mass is 394 g/mol. The summed E-state index contributed by atoms with van der Waals surface area (Å²) in [7, 11) is 1.80. The molecule has 1 aromatic rings. The number of carbonyl (C=O) groups excluding carboxylic acids is 1. The van der Waals surface area contributed by atoms with Gasteiger partial charge < -0.3 is 10.6 Å². The largest absolute Gasteiger partial charge is 0.342 e. The van der Waals surface area contributed by atoms with Gasteiger partial charge in [-0.3, -0.25) is 4.79 Å². The highest BCUT2D eigenvalue weighted by atomic mass is 127. The van der Waals surface area contributed by atoms with Crippen molar-refractivity contribution in [2.24, 2.45) is 11.7 Å². The minimum absolute atomic E-state index is 0.0112. The summed E-state index contributed by atoms with van der Waals surface area (Å²) in [6.07, 6.45) is 0.803. The van der Waals surface area contributed by atoms with E-state index in [-0.39, 0.29) is 11.9 Å². The van der Waals surface area contributed by atoms with E-state index in [0.717, 1.165) is 9.99 Å². The fourth-order valence-corrected chi connectivity index (χ4v) is 2.38. The van der Waals surface area contributed by atoms with E-state index in [1.807, 2.05) is 6.07 Å². The number of hydrogen-bond donors (Lipinski definition) is 1. The minimum atomic E-state index is -0.0112. The van der Waals surface area contributed by atoms with Crippen molar-refractivity contribution in [3.63, 3.8) is 0 Å². The predicted octanol–water partition coefficient (Wildman–Crippen LogP) is 3.39. The lowest BCUT2D eigenvalue weighted by atomic mass is 10.0. The first-order valence-electron chi connectivity index (χ1n) is 6.29. The van der Waals surface area contributed by atoms with Gasteiger partial charge >= 0.3 is 0 Å². The molecule has 0 heterocycles. The first-order chi connectivity index (χ1) is 8.82. The molecule has 0 aliphatic rings. The number of rotatable bonds is 5. The normalized spacial score (nSPS) is 12.6. The van der Waals surface area contributed by atoms with Gasteiger partial charge in [-0.25, -0.2) is 0 Å². The van der Waals surface area contributed by atoms with Crippen molar-refractivity contribution in [2.45, 2.75) is 26.3 Å². The molecule has 0 radical (unpaired) electrons. The zero-order valence-corrected chi connectivity index (χ0v) is 14.4. The van der Waals surface area contributed by atoms with Crippen LogP contribution in [0.3, 0.4) is 0 Å². The first-order valence-corrected chi connectivity index (χ1v) is 7.74. The van der Waals surface area contributed by atoms with Gasteiger partial charge in [0.05, 0.1) is 5.56 Å². The van der Waals surface area contributed by atoms with Crippen LogP contribution in [0.15, 0.2) is 18.2 Å². The van der Waals surface area contributed by atoms with Crippen molar-refractivity contribution >= 4 is 40.1 Å². The van der Waals surface area contributed by atoms with Crippen molar-refractivity contribution in [1.82, 2.24) is 4.90 Å². The molecular weight excluding hydrogens is 375 g/mol. The van der Waals surface area contributed by atoms with Gasteiger partial charge in [0.1, 0.15) is 0 Å². The molecule has 19 heavy (non-hydrogen) atoms. The number of carbonyl (C=O) groups is 1. The Kier molecular flexibility index (Phi) is 6.56. The number of halogens is 2. The summed E-state index contributed by atoms with van der Waals surface area (Å²) < 4.78 is 0.909. The highest BCUT2D eigenvalue weighted by Gasteiger charge is 2.16. The molecule has 1 unspecified atom stereocenters. The lowest BCUT2D eigenvalue weighted by Gasteiger charge is -2.22. The fraction of sp³-hybridized carbons (Fsp3) is 0.500. The quantitative estimate of drug-likeness (QED) is 0.778. The summed E-state index contributed by atoms with van der Waals surface area (Å²) >= 11 is 8.09. The maximum Gasteiger partial charge on any atom is 0.254 e. The van der Waals surface area contributed by atoms with Gasteiger partial charge in [0.15, 0.2) is 0 Å². The molecule has 0 saturated heterocycles. The summed E-state index contributed by atoms with van der Waals surface area (Å²) in [6.45, 7) is 4.83. The Morgan fingerprint density at radius 3 is 2.68 bits per heavy atom. The molecule has 0 spiro atoms. The topological polar surface area (TPSA) is 46.3 Å². The van der Waals surface area contributed by atoms with Gasteiger partial charge in [0.2, 0.25) is 0 Å². The van der Waals surface area contributed by atoms with Crippen molar-refractivity contribution in [2.75, 3.05) is 13.6 Å². The molecule has 1 atom stereocenters. The van der Waals surface area contributed by atoms with Crippen LogP contribution < -0.4 is 5.73 Å². The van der Waals surface area contributed by atoms with Crippen LogP contribution in [0.4, 0.5) is 0 Å². The molecule has 0 aromatic heterocycles. The maximum absolute atomic E-state index is 12.3. The SMILES string of the molecule is CC(C)C(N)CCN(C)C(=O)c1cc(Cl)ccc1I. The van der Waals surface area contributed by atoms with E-state index in [0.29, 0.717) is 23.0 Å². The summed E-state index contributed by atoms with van der Waals surface area (Å²) in [4.78, 5) is 14.0. The van der Waals surface area contributed by atoms with Crippen LogP contribution in [0.25, 0.3) is 0 Å². The fourth-order valence-electron chi connectivity index (χ4n) is 1.64. The molecule has 3 nitrogen and oxygen atoms in total. The third-order valence-electron chi connectivity index (χ3n) is 3.16. The van der Waals surface area contributed by atoms with E-state index in [2.05, 4.69) is 36.4 Å². The van der Waals surface area contributed by atoms with E-state index < -0.39 is 0 Å². The molecule has 1 aromatic carbocycles. The van der Waals surface area contributed by atoms with Crippen molar-refractivity contribution in [3.05, 3.63) is 32.4 Å². The standard InChI is InChI=1S/C14H20ClIN2O/c1-9(2)13(17)6-7-18(3)14(19)11-8-10(15)4-5-12(11)16/h4-5,8-9,13H,6-7,17H2,1-3H3. The first kappa shape index (κ1) is 16.7. The molecule has 0 saturated carbocycles. The van der Waals surface area contributed by atoms with Crippen LogP contribution in [0.1, 0.15) is 30.6 Å². The molecule has 0 aliphatic carbocycles. The van der Waals surface area contributed by atoms with E-state index in [1.165, 1.54) is 0 Å². The summed E-state index contributed by atoms with van der Waals surface area (Å²) in [5.74, 6) is 0.415. The molecule has 5 heteroatoms. The third kappa shape index (κ3) is 4.93. The van der Waals surface area contributed by atoms with E-state index in [9.17, 15) is 4.79 Å². The molecule has 1 amide bonds. The lowest BCUT2D eigenvalue weighted by Crippen LogP contribution is -2.34. The van der Waals surface area contributed by atoms with Crippen molar-refractivity contribution in [3.8, 4) is 0 Å². The summed E-state index contributed by atoms with van der Waals surface area (Å²) in [5.41, 5.74) is 6.64. The van der Waals surface area contributed by atoms with Gasteiger partial charge in [-0.15, -0.1) is 0 Å². The number of nitrogens with two attached hydrogens (primary N) is 1. The van der Waals surface area contributed by atoms with Crippen LogP contribution in [0.5, 0.6) is 0 Å². The molecule has 1 rings (SSSR count). The van der Waals surface area contributed by atoms with E-state index in [4.69, 9.17) is 17.3 Å². The number of nitrogens with zero attached hydrogens (tertiary/aromatic N) is 1. The van der Waals surface area contributed by atoms with Gasteiger partial charge in [0, 0.05) is 28.2 Å². The summed E-state index contributed by atoms with van der Waals surface area (Å²) in [6, 6.07) is 5.47. The lowest BCUT2D eigenvalue weighted by molar-refractivity contribution is 0.0788. The Labute approximate surface area is 133 Å². The third-order valence-corrected chi connectivity index (χ3v) is 4.34. The average molecular weight is 395 g/mol. The Morgan fingerprint density at radius 2 is 2.11 bits per heavy atom. The zero-order chi connectivity index (χ0) is 14.6. The summed E-state index contributed by atoms with van der Waals surface area (Å²) in [5, 5.41) is 0.580. The molecule has 106 valence electrons. The second kappa shape index (κ2) is 7.45. The molecule has 0 aliphatic heterocycles. The van der Waals surface area contributed by atoms with Gasteiger partial charge in [-0.05, 0) is 53.1 Å². The number of benzene rings is 1. The zero-order valence-electron chi connectivity index (χ0n) is 11.5. The number of amides is 1. The maximum atomic E-state index is 12.3. The molecule has 2 N–H and O–H groups in total. The highest BCUT2D eigenvalue weighted by molar-refractivity contribution is 14.1. The molecular formula is C14H20ClIN2O. The second-order valence-electron chi connectivity index (χ2n) is 5.05. The Hall–Kier alpha value is -0.330. The molecule has 0 bridgehead atoms. The van der Waals surface area contributed by atoms with Crippen LogP contribution in [-0.4, -0.2) is 30.4 Å². The molecule has 0 fully saturated rings. The van der Waals surface area contributed by atoms with Crippen LogP contribution in [-0.2, 0) is 0 Å². The van der Waals surface area contributed by atoms with Gasteiger partial charge in [0.25, 0.3) is 5.91 Å². The van der Waals surface area contributed by atoms with Crippen LogP contribution >= 0.6 is 34.2 Å². The van der Waals surface area contributed by atoms with Gasteiger partial charge in [-0.2, -0.15) is 0 Å².